The molecule has 3 saturated heterocycles. The number of non-ortho nitro benzene ring substituents is 1. The molecule has 6 unspecified atom stereocenters. The lowest BCUT2D eigenvalue weighted by molar-refractivity contribution is -0.384. The molecule has 0 bridgehead atoms. The fourth-order valence-corrected chi connectivity index (χ4v) is 12.0. The SMILES string of the molecule is O=C1OC(c2ccccc2)C(c2ccccc2)N2C1C(C(=O)Nc1ccc(N3CCOCC3)cc1)C1(C(=O)N(C(=O)OCc3ccc([N+](=O)[O-])cc3)c3ccc(C#CC4(O)CCCCCC4)cc31)C2c1ccc(O)cc1. The molecule has 16 nitrogen and oxygen atoms in total. The van der Waals surface area contributed by atoms with Gasteiger partial charge in [0.1, 0.15) is 35.5 Å². The molecule has 4 fully saturated rings. The zero-order chi connectivity index (χ0) is 52.6. The quantitative estimate of drug-likeness (QED) is 0.0407. The molecule has 4 aliphatic heterocycles. The number of nitrogens with zero attached hydrogens (tertiary/aromatic N) is 4. The number of nitro groups is 1. The predicted molar refractivity (Wildman–Crippen MR) is 281 cm³/mol. The van der Waals surface area contributed by atoms with Crippen molar-refractivity contribution < 1.29 is 48.5 Å². The van der Waals surface area contributed by atoms with Gasteiger partial charge in [0, 0.05) is 42.2 Å². The van der Waals surface area contributed by atoms with Crippen LogP contribution >= 0.6 is 0 Å². The third-order valence-corrected chi connectivity index (χ3v) is 15.5. The monoisotopic (exact) mass is 1020 g/mol. The molecule has 0 aromatic heterocycles. The van der Waals surface area contributed by atoms with Crippen LogP contribution in [-0.2, 0) is 40.6 Å². The number of nitro benzene ring substituents is 1. The number of aliphatic hydroxyl groups is 1. The zero-order valence-corrected chi connectivity index (χ0v) is 41.5. The molecular formula is C60H55N5O11. The number of amides is 3. The number of rotatable bonds is 9. The highest BCUT2D eigenvalue weighted by Gasteiger charge is 2.76. The van der Waals surface area contributed by atoms with Crippen LogP contribution in [0.3, 0.4) is 0 Å². The van der Waals surface area contributed by atoms with Gasteiger partial charge in [-0.05, 0) is 120 Å². The average Bonchev–Trinajstić information content (AvgIpc) is 3.99. The highest BCUT2D eigenvalue weighted by molar-refractivity contribution is 6.24. The van der Waals surface area contributed by atoms with Crippen molar-refractivity contribution in [3.63, 3.8) is 0 Å². The molecule has 3 amide bonds. The second kappa shape index (κ2) is 20.7. The number of morpholine rings is 2. The van der Waals surface area contributed by atoms with Gasteiger partial charge in [-0.3, -0.25) is 29.4 Å². The Balaban J connectivity index is 1.13. The van der Waals surface area contributed by atoms with Crippen molar-refractivity contribution in [2.24, 2.45) is 5.92 Å². The molecule has 5 aliphatic rings. The number of hydrogen-bond acceptors (Lipinski definition) is 13. The van der Waals surface area contributed by atoms with E-state index in [1.165, 1.54) is 36.4 Å². The number of imide groups is 1. The highest BCUT2D eigenvalue weighted by atomic mass is 16.6. The first kappa shape index (κ1) is 49.8. The molecule has 1 aliphatic carbocycles. The van der Waals surface area contributed by atoms with Crippen molar-refractivity contribution in [2.75, 3.05) is 41.4 Å². The number of benzene rings is 6. The maximum Gasteiger partial charge on any atom is 0.421 e. The average molecular weight is 1020 g/mol. The number of anilines is 3. The molecule has 4 heterocycles. The maximum absolute atomic E-state index is 16.7. The number of hydrogen-bond donors (Lipinski definition) is 3. The lowest BCUT2D eigenvalue weighted by Crippen LogP contribution is -2.54. The molecule has 6 aromatic carbocycles. The van der Waals surface area contributed by atoms with E-state index in [4.69, 9.17) is 14.2 Å². The molecule has 1 spiro atoms. The number of carbonyl (C=O) groups excluding carboxylic acids is 4. The van der Waals surface area contributed by atoms with Crippen LogP contribution in [0.15, 0.2) is 152 Å². The van der Waals surface area contributed by atoms with Crippen molar-refractivity contribution >= 4 is 46.6 Å². The Morgan fingerprint density at radius 1 is 0.776 bits per heavy atom. The summed E-state index contributed by atoms with van der Waals surface area (Å²) in [5.41, 5.74) is 0.498. The normalized spacial score (nSPS) is 23.8. The number of nitrogens with one attached hydrogen (secondary N) is 1. The lowest BCUT2D eigenvalue weighted by atomic mass is 9.65. The van der Waals surface area contributed by atoms with Gasteiger partial charge < -0.3 is 34.6 Å². The number of ether oxygens (including phenoxy) is 3. The summed E-state index contributed by atoms with van der Waals surface area (Å²) in [6.07, 6.45) is 2.40. The van der Waals surface area contributed by atoms with Crippen molar-refractivity contribution in [1.29, 1.82) is 0 Å². The first-order valence-corrected chi connectivity index (χ1v) is 25.7. The van der Waals surface area contributed by atoms with E-state index in [1.807, 2.05) is 77.7 Å². The van der Waals surface area contributed by atoms with E-state index in [2.05, 4.69) is 22.1 Å². The van der Waals surface area contributed by atoms with E-state index in [0.29, 0.717) is 72.6 Å². The third kappa shape index (κ3) is 9.20. The largest absolute Gasteiger partial charge is 0.508 e. The Hall–Kier alpha value is -8.36. The van der Waals surface area contributed by atoms with Gasteiger partial charge in [0.15, 0.2) is 0 Å². The summed E-state index contributed by atoms with van der Waals surface area (Å²) in [4.78, 5) is 79.2. The molecule has 6 atom stereocenters. The van der Waals surface area contributed by atoms with E-state index < -0.39 is 70.0 Å². The first-order chi connectivity index (χ1) is 36.9. The van der Waals surface area contributed by atoms with Crippen molar-refractivity contribution in [3.05, 3.63) is 195 Å². The Kier molecular flexibility index (Phi) is 13.6. The predicted octanol–water partition coefficient (Wildman–Crippen LogP) is 9.21. The molecule has 11 rings (SSSR count). The van der Waals surface area contributed by atoms with Crippen LogP contribution in [-0.4, -0.2) is 81.9 Å². The minimum Gasteiger partial charge on any atom is -0.508 e. The Morgan fingerprint density at radius 3 is 2.09 bits per heavy atom. The van der Waals surface area contributed by atoms with E-state index in [0.717, 1.165) is 36.3 Å². The summed E-state index contributed by atoms with van der Waals surface area (Å²) in [6, 6.07) is 38.9. The first-order valence-electron chi connectivity index (χ1n) is 25.7. The fourth-order valence-electron chi connectivity index (χ4n) is 12.0. The van der Waals surface area contributed by atoms with Gasteiger partial charge >= 0.3 is 12.1 Å². The smallest absolute Gasteiger partial charge is 0.421 e. The van der Waals surface area contributed by atoms with E-state index in [-0.39, 0.29) is 29.3 Å². The highest BCUT2D eigenvalue weighted by Crippen LogP contribution is 2.66. The number of aromatic hydroxyl groups is 1. The van der Waals surface area contributed by atoms with Crippen LogP contribution in [0.5, 0.6) is 5.75 Å². The maximum atomic E-state index is 16.7. The van der Waals surface area contributed by atoms with E-state index in [9.17, 15) is 25.1 Å². The molecule has 16 heteroatoms. The van der Waals surface area contributed by atoms with Crippen molar-refractivity contribution in [1.82, 2.24) is 4.90 Å². The molecule has 6 aromatic rings. The van der Waals surface area contributed by atoms with Crippen LogP contribution in [0.2, 0.25) is 0 Å². The third-order valence-electron chi connectivity index (χ3n) is 15.5. The molecule has 386 valence electrons. The van der Waals surface area contributed by atoms with Gasteiger partial charge in [0.05, 0.1) is 41.8 Å². The van der Waals surface area contributed by atoms with Gasteiger partial charge in [0.2, 0.25) is 11.8 Å². The Morgan fingerprint density at radius 2 is 1.43 bits per heavy atom. The molecule has 3 N–H and O–H groups in total. The number of cyclic esters (lactones) is 1. The molecule has 76 heavy (non-hydrogen) atoms. The van der Waals surface area contributed by atoms with E-state index >= 15 is 14.4 Å². The second-order valence-electron chi connectivity index (χ2n) is 20.0. The van der Waals surface area contributed by atoms with Gasteiger partial charge in [-0.15, -0.1) is 0 Å². The number of phenolic OH excluding ortho intramolecular Hbond substituents is 1. The van der Waals surface area contributed by atoms with Gasteiger partial charge in [-0.25, -0.2) is 9.69 Å². The molecular weight excluding hydrogens is 967 g/mol. The van der Waals surface area contributed by atoms with Gasteiger partial charge in [-0.2, -0.15) is 0 Å². The minimum absolute atomic E-state index is 0.0676. The number of phenols is 1. The van der Waals surface area contributed by atoms with Gasteiger partial charge in [-0.1, -0.05) is 97.5 Å². The fraction of sp³-hybridized carbons (Fsp3) is 0.300. The summed E-state index contributed by atoms with van der Waals surface area (Å²) in [6.45, 7) is 2.12. The summed E-state index contributed by atoms with van der Waals surface area (Å²) in [5.74, 6) is 2.24. The van der Waals surface area contributed by atoms with Crippen molar-refractivity contribution in [2.45, 2.75) is 80.4 Å². The van der Waals surface area contributed by atoms with Crippen LogP contribution in [0.4, 0.5) is 27.5 Å². The summed E-state index contributed by atoms with van der Waals surface area (Å²) < 4.78 is 18.1. The summed E-state index contributed by atoms with van der Waals surface area (Å²) in [7, 11) is 0. The second-order valence-corrected chi connectivity index (χ2v) is 20.0. The Labute approximate surface area is 439 Å². The standard InChI is InChI=1S/C60H55N5O11/c66-47-26-18-43(19-27-47)54-60(48-37-39(29-32-59(71)30-9-1-2-10-31-59)17-28-49(48)63(57(60)69)58(70)75-38-40-15-22-46(23-16-40)65(72)73)50(55(67)61-44-20-24-45(25-21-44)62-33-35-74-36-34-62)52-56(68)76-53(42-13-7-4-8-14-42)51(64(52)54)41-11-5-3-6-12-41/h3-8,11-28,37,50-54,66,71H,1-2,9-10,30-31,33-36,38H2,(H,61,67). The Bertz CT molecular complexity index is 3220. The minimum atomic E-state index is -2.17. The van der Waals surface area contributed by atoms with Crippen LogP contribution in [0.1, 0.15) is 90.1 Å². The van der Waals surface area contributed by atoms with Gasteiger partial charge in [0.25, 0.3) is 5.69 Å². The lowest BCUT2D eigenvalue weighted by Gasteiger charge is -2.46. The summed E-state index contributed by atoms with van der Waals surface area (Å²) in [5, 5.41) is 37.2. The molecule has 0 radical (unpaired) electrons. The number of esters is 1. The van der Waals surface area contributed by atoms with Crippen LogP contribution in [0, 0.1) is 27.9 Å². The van der Waals surface area contributed by atoms with Crippen LogP contribution < -0.4 is 15.1 Å². The molecule has 1 saturated carbocycles. The zero-order valence-electron chi connectivity index (χ0n) is 41.5. The topological polar surface area (TPSA) is 201 Å². The van der Waals surface area contributed by atoms with Crippen LogP contribution in [0.25, 0.3) is 0 Å². The number of carbonyl (C=O) groups is 4. The summed E-state index contributed by atoms with van der Waals surface area (Å²) >= 11 is 0. The van der Waals surface area contributed by atoms with E-state index in [1.54, 1.807) is 42.5 Å². The number of fused-ring (bicyclic) bond motifs is 3. The van der Waals surface area contributed by atoms with Crippen molar-refractivity contribution in [3.8, 4) is 17.6 Å².